The van der Waals surface area contributed by atoms with E-state index in [-0.39, 0.29) is 6.03 Å². The van der Waals surface area contributed by atoms with Crippen molar-refractivity contribution < 1.29 is 14.3 Å². The first-order valence-corrected chi connectivity index (χ1v) is 9.56. The lowest BCUT2D eigenvalue weighted by atomic mass is 10.1. The highest BCUT2D eigenvalue weighted by molar-refractivity contribution is 7.98. The first-order valence-electron chi connectivity index (χ1n) is 8.34. The number of thioether (sulfide) groups is 1. The molecule has 1 N–H and O–H groups in total. The van der Waals surface area contributed by atoms with Crippen molar-refractivity contribution in [3.63, 3.8) is 0 Å². The van der Waals surface area contributed by atoms with Crippen molar-refractivity contribution >= 4 is 17.8 Å². The van der Waals surface area contributed by atoms with Crippen molar-refractivity contribution in [3.05, 3.63) is 59.2 Å². The fourth-order valence-electron chi connectivity index (χ4n) is 2.56. The van der Waals surface area contributed by atoms with Crippen LogP contribution in [0.25, 0.3) is 0 Å². The first kappa shape index (κ1) is 20.1. The summed E-state index contributed by atoms with van der Waals surface area (Å²) in [7, 11) is 5.12. The second-order valence-electron chi connectivity index (χ2n) is 5.95. The molecule has 140 valence electrons. The van der Waals surface area contributed by atoms with Crippen molar-refractivity contribution in [1.82, 2.24) is 10.2 Å². The van der Waals surface area contributed by atoms with Gasteiger partial charge in [0.05, 0.1) is 13.7 Å². The van der Waals surface area contributed by atoms with Gasteiger partial charge in [-0.2, -0.15) is 0 Å². The number of ether oxygens (including phenoxy) is 2. The second kappa shape index (κ2) is 10.1. The summed E-state index contributed by atoms with van der Waals surface area (Å²) in [5.74, 6) is 0.833. The van der Waals surface area contributed by atoms with Crippen LogP contribution in [0.5, 0.6) is 5.75 Å². The van der Waals surface area contributed by atoms with E-state index in [2.05, 4.69) is 5.32 Å². The van der Waals surface area contributed by atoms with E-state index in [1.807, 2.05) is 48.7 Å². The Kier molecular flexibility index (Phi) is 7.81. The molecule has 0 fully saturated rings. The maximum Gasteiger partial charge on any atom is 0.317 e. The molecule has 0 saturated heterocycles. The maximum absolute atomic E-state index is 12.3. The van der Waals surface area contributed by atoms with Gasteiger partial charge in [0, 0.05) is 32.1 Å². The number of nitrogens with one attached hydrogen (secondary N) is 1. The van der Waals surface area contributed by atoms with Gasteiger partial charge in [0.1, 0.15) is 5.75 Å². The zero-order valence-electron chi connectivity index (χ0n) is 15.7. The number of hydrogen-bond donors (Lipinski definition) is 1. The monoisotopic (exact) mass is 374 g/mol. The minimum absolute atomic E-state index is 0.112. The minimum Gasteiger partial charge on any atom is -0.496 e. The highest BCUT2D eigenvalue weighted by Gasteiger charge is 2.11. The average molecular weight is 375 g/mol. The third-order valence-corrected chi connectivity index (χ3v) is 4.77. The molecule has 0 bridgehead atoms. The molecule has 2 amide bonds. The highest BCUT2D eigenvalue weighted by Crippen LogP contribution is 2.28. The molecule has 0 radical (unpaired) electrons. The smallest absolute Gasteiger partial charge is 0.317 e. The standard InChI is InChI=1S/C20H26N2O3S/c1-22(13-17-9-10-19(26-4)18(11-17)25-3)20(23)21-12-15-5-7-16(8-6-15)14-24-2/h5-11H,12-14H2,1-4H3,(H,21,23). The third kappa shape index (κ3) is 5.68. The molecule has 2 aromatic carbocycles. The average Bonchev–Trinajstić information content (AvgIpc) is 2.67. The molecule has 0 heterocycles. The Bertz CT molecular complexity index is 719. The summed E-state index contributed by atoms with van der Waals surface area (Å²) < 4.78 is 10.5. The predicted molar refractivity (Wildman–Crippen MR) is 106 cm³/mol. The quantitative estimate of drug-likeness (QED) is 0.712. The zero-order chi connectivity index (χ0) is 18.9. The fourth-order valence-corrected chi connectivity index (χ4v) is 3.10. The molecule has 2 aromatic rings. The topological polar surface area (TPSA) is 50.8 Å². The van der Waals surface area contributed by atoms with Gasteiger partial charge in [-0.25, -0.2) is 4.79 Å². The molecule has 0 aliphatic carbocycles. The van der Waals surface area contributed by atoms with Crippen molar-refractivity contribution in [2.24, 2.45) is 0 Å². The number of methoxy groups -OCH3 is 2. The SMILES string of the molecule is COCc1ccc(CNC(=O)N(C)Cc2ccc(SC)c(OC)c2)cc1. The first-order chi connectivity index (χ1) is 12.6. The lowest BCUT2D eigenvalue weighted by Crippen LogP contribution is -2.36. The second-order valence-corrected chi connectivity index (χ2v) is 6.80. The third-order valence-electron chi connectivity index (χ3n) is 3.99. The lowest BCUT2D eigenvalue weighted by Gasteiger charge is -2.19. The van der Waals surface area contributed by atoms with Crippen LogP contribution in [0.4, 0.5) is 4.79 Å². The Morgan fingerprint density at radius 3 is 2.35 bits per heavy atom. The van der Waals surface area contributed by atoms with E-state index >= 15 is 0 Å². The summed E-state index contributed by atoms with van der Waals surface area (Å²) >= 11 is 1.64. The van der Waals surface area contributed by atoms with Crippen LogP contribution in [-0.2, 0) is 24.4 Å². The van der Waals surface area contributed by atoms with E-state index in [1.54, 1.807) is 37.9 Å². The zero-order valence-corrected chi connectivity index (χ0v) is 16.6. The summed E-state index contributed by atoms with van der Waals surface area (Å²) in [6.45, 7) is 1.60. The van der Waals surface area contributed by atoms with Crippen LogP contribution >= 0.6 is 11.8 Å². The Hall–Kier alpha value is -2.18. The van der Waals surface area contributed by atoms with Crippen LogP contribution in [0, 0.1) is 0 Å². The number of urea groups is 1. The van der Waals surface area contributed by atoms with Crippen LogP contribution in [0.3, 0.4) is 0 Å². The summed E-state index contributed by atoms with van der Waals surface area (Å²) in [6.07, 6.45) is 2.01. The highest BCUT2D eigenvalue weighted by atomic mass is 32.2. The van der Waals surface area contributed by atoms with E-state index in [1.165, 1.54) is 0 Å². The number of hydrogen-bond acceptors (Lipinski definition) is 4. The molecule has 0 saturated carbocycles. The summed E-state index contributed by atoms with van der Waals surface area (Å²) in [4.78, 5) is 15.1. The Balaban J connectivity index is 1.89. The van der Waals surface area contributed by atoms with Gasteiger partial charge in [-0.05, 0) is 35.1 Å². The van der Waals surface area contributed by atoms with E-state index in [0.717, 1.165) is 27.3 Å². The molecule has 0 aliphatic heterocycles. The molecule has 0 unspecified atom stereocenters. The summed E-state index contributed by atoms with van der Waals surface area (Å²) in [5.41, 5.74) is 3.20. The Morgan fingerprint density at radius 1 is 1.08 bits per heavy atom. The van der Waals surface area contributed by atoms with E-state index in [9.17, 15) is 4.79 Å². The summed E-state index contributed by atoms with van der Waals surface area (Å²) in [6, 6.07) is 13.9. The van der Waals surface area contributed by atoms with Gasteiger partial charge in [0.25, 0.3) is 0 Å². The minimum atomic E-state index is -0.112. The van der Waals surface area contributed by atoms with Crippen LogP contribution < -0.4 is 10.1 Å². The van der Waals surface area contributed by atoms with Crippen LogP contribution in [-0.4, -0.2) is 38.5 Å². The molecule has 0 atom stereocenters. The number of nitrogens with zero attached hydrogens (tertiary/aromatic N) is 1. The van der Waals surface area contributed by atoms with Gasteiger partial charge in [-0.15, -0.1) is 11.8 Å². The van der Waals surface area contributed by atoms with Gasteiger partial charge in [-0.3, -0.25) is 0 Å². The molecule has 0 spiro atoms. The molecule has 26 heavy (non-hydrogen) atoms. The molecule has 0 aliphatic rings. The largest absolute Gasteiger partial charge is 0.496 e. The van der Waals surface area contributed by atoms with Crippen LogP contribution in [0.1, 0.15) is 16.7 Å². The molecule has 0 aromatic heterocycles. The van der Waals surface area contributed by atoms with Crippen molar-refractivity contribution in [2.75, 3.05) is 27.5 Å². The lowest BCUT2D eigenvalue weighted by molar-refractivity contribution is 0.185. The molecule has 6 heteroatoms. The van der Waals surface area contributed by atoms with Gasteiger partial charge in [-0.1, -0.05) is 30.3 Å². The van der Waals surface area contributed by atoms with Gasteiger partial charge < -0.3 is 19.7 Å². The van der Waals surface area contributed by atoms with Gasteiger partial charge in [0.2, 0.25) is 0 Å². The van der Waals surface area contributed by atoms with Crippen LogP contribution in [0.15, 0.2) is 47.4 Å². The van der Waals surface area contributed by atoms with Crippen molar-refractivity contribution in [3.8, 4) is 5.75 Å². The maximum atomic E-state index is 12.3. The van der Waals surface area contributed by atoms with E-state index in [4.69, 9.17) is 9.47 Å². The van der Waals surface area contributed by atoms with E-state index in [0.29, 0.717) is 19.7 Å². The van der Waals surface area contributed by atoms with Crippen molar-refractivity contribution in [2.45, 2.75) is 24.6 Å². The Labute approximate surface area is 159 Å². The molecular weight excluding hydrogens is 348 g/mol. The summed E-state index contributed by atoms with van der Waals surface area (Å²) in [5, 5.41) is 2.94. The predicted octanol–water partition coefficient (Wildman–Crippen LogP) is 3.91. The number of rotatable bonds is 8. The van der Waals surface area contributed by atoms with Crippen LogP contribution in [0.2, 0.25) is 0 Å². The van der Waals surface area contributed by atoms with Gasteiger partial charge >= 0.3 is 6.03 Å². The number of carbonyl (C=O) groups is 1. The number of amides is 2. The van der Waals surface area contributed by atoms with Gasteiger partial charge in [0.15, 0.2) is 0 Å². The fraction of sp³-hybridized carbons (Fsp3) is 0.350. The number of benzene rings is 2. The molecule has 2 rings (SSSR count). The van der Waals surface area contributed by atoms with Crippen molar-refractivity contribution in [1.29, 1.82) is 0 Å². The van der Waals surface area contributed by atoms with E-state index < -0.39 is 0 Å². The molecular formula is C20H26N2O3S. The molecule has 5 nitrogen and oxygen atoms in total. The Morgan fingerprint density at radius 2 is 1.73 bits per heavy atom. The number of carbonyl (C=O) groups excluding carboxylic acids is 1. The normalized spacial score (nSPS) is 10.5.